The Morgan fingerprint density at radius 2 is 1.88 bits per heavy atom. The molecule has 0 heterocycles. The van der Waals surface area contributed by atoms with Gasteiger partial charge in [0, 0.05) is 0 Å². The van der Waals surface area contributed by atoms with E-state index in [1.165, 1.54) is 6.92 Å². The number of amides is 1. The normalized spacial score (nSPS) is 16.9. The summed E-state index contributed by atoms with van der Waals surface area (Å²) in [5, 5.41) is 2.07. The summed E-state index contributed by atoms with van der Waals surface area (Å²) in [7, 11) is 1.10. The highest BCUT2D eigenvalue weighted by molar-refractivity contribution is 5.84. The molecule has 0 aromatic rings. The number of esters is 1. The lowest BCUT2D eigenvalue weighted by Gasteiger charge is -2.27. The van der Waals surface area contributed by atoms with Crippen LogP contribution >= 0.6 is 0 Å². The Morgan fingerprint density at radius 1 is 1.41 bits per heavy atom. The highest BCUT2D eigenvalue weighted by Gasteiger charge is 2.49. The van der Waals surface area contributed by atoms with E-state index in [1.807, 2.05) is 0 Å². The molecule has 0 aliphatic rings. The number of ether oxygens (including phenoxy) is 1. The van der Waals surface area contributed by atoms with Crippen molar-refractivity contribution in [1.82, 2.24) is 5.32 Å². The van der Waals surface area contributed by atoms with Crippen molar-refractivity contribution in [1.29, 1.82) is 0 Å². The molecule has 0 aliphatic carbocycles. The number of hydrogen-bond acceptors (Lipinski definition) is 4. The second kappa shape index (κ2) is 5.35. The lowest BCUT2D eigenvalue weighted by molar-refractivity contribution is -0.184. The molecule has 1 amide bonds. The number of nitrogens with two attached hydrogens (primary N) is 1. The second-order valence-electron chi connectivity index (χ2n) is 3.90. The van der Waals surface area contributed by atoms with Crippen LogP contribution in [0.2, 0.25) is 0 Å². The van der Waals surface area contributed by atoms with Gasteiger partial charge in [-0.3, -0.25) is 4.79 Å². The summed E-state index contributed by atoms with van der Waals surface area (Å²) in [6.07, 6.45) is -5.66. The van der Waals surface area contributed by atoms with Crippen molar-refractivity contribution in [2.45, 2.75) is 38.0 Å². The average Bonchev–Trinajstić information content (AvgIpc) is 2.13. The lowest BCUT2D eigenvalue weighted by Crippen LogP contribution is -2.54. The summed E-state index contributed by atoms with van der Waals surface area (Å²) in [5.74, 6) is -1.71. The molecule has 0 fully saturated rings. The number of hydrogen-bond donors (Lipinski definition) is 2. The van der Waals surface area contributed by atoms with Crippen molar-refractivity contribution >= 4 is 11.9 Å². The SMILES string of the molecule is COC(=O)C(C)NC(=O)CC(C)(N)C(F)(F)F. The van der Waals surface area contributed by atoms with Gasteiger partial charge in [0.05, 0.1) is 13.5 Å². The molecule has 8 heteroatoms. The van der Waals surface area contributed by atoms with Crippen LogP contribution in [0.4, 0.5) is 13.2 Å². The summed E-state index contributed by atoms with van der Waals surface area (Å²) in [5.41, 5.74) is 2.35. The molecule has 0 aromatic heterocycles. The maximum Gasteiger partial charge on any atom is 0.406 e. The Hall–Kier alpha value is -1.31. The third-order valence-electron chi connectivity index (χ3n) is 2.11. The molecule has 5 nitrogen and oxygen atoms in total. The quantitative estimate of drug-likeness (QED) is 0.710. The summed E-state index contributed by atoms with van der Waals surface area (Å²) in [6.45, 7) is 2.00. The van der Waals surface area contributed by atoms with Crippen LogP contribution in [-0.4, -0.2) is 36.7 Å². The van der Waals surface area contributed by atoms with Crippen LogP contribution in [0.15, 0.2) is 0 Å². The smallest absolute Gasteiger partial charge is 0.406 e. The molecular weight excluding hydrogens is 241 g/mol. The van der Waals surface area contributed by atoms with Gasteiger partial charge in [-0.25, -0.2) is 4.79 Å². The summed E-state index contributed by atoms with van der Waals surface area (Å²) >= 11 is 0. The topological polar surface area (TPSA) is 81.4 Å². The first-order chi connectivity index (χ1) is 7.51. The van der Waals surface area contributed by atoms with Gasteiger partial charge in [0.15, 0.2) is 0 Å². The zero-order valence-electron chi connectivity index (χ0n) is 9.72. The lowest BCUT2D eigenvalue weighted by atomic mass is 9.98. The van der Waals surface area contributed by atoms with E-state index in [2.05, 4.69) is 10.1 Å². The van der Waals surface area contributed by atoms with Crippen molar-refractivity contribution in [3.05, 3.63) is 0 Å². The van der Waals surface area contributed by atoms with Crippen LogP contribution in [0.1, 0.15) is 20.3 Å². The Labute approximate surface area is 96.5 Å². The molecule has 0 aliphatic heterocycles. The predicted molar refractivity (Wildman–Crippen MR) is 52.9 cm³/mol. The minimum Gasteiger partial charge on any atom is -0.467 e. The van der Waals surface area contributed by atoms with E-state index in [9.17, 15) is 22.8 Å². The summed E-state index contributed by atoms with van der Waals surface area (Å²) in [6, 6.07) is -1.02. The first-order valence-corrected chi connectivity index (χ1v) is 4.74. The van der Waals surface area contributed by atoms with Gasteiger partial charge in [-0.1, -0.05) is 0 Å². The minimum atomic E-state index is -4.70. The Morgan fingerprint density at radius 3 is 2.24 bits per heavy atom. The first-order valence-electron chi connectivity index (χ1n) is 4.74. The molecule has 2 unspecified atom stereocenters. The van der Waals surface area contributed by atoms with Gasteiger partial charge < -0.3 is 15.8 Å². The summed E-state index contributed by atoms with van der Waals surface area (Å²) in [4.78, 5) is 22.2. The van der Waals surface area contributed by atoms with Gasteiger partial charge in [0.1, 0.15) is 11.6 Å². The van der Waals surface area contributed by atoms with Crippen LogP contribution in [-0.2, 0) is 14.3 Å². The van der Waals surface area contributed by atoms with Gasteiger partial charge in [-0.15, -0.1) is 0 Å². The first kappa shape index (κ1) is 15.7. The van der Waals surface area contributed by atoms with E-state index in [1.54, 1.807) is 0 Å². The number of carbonyl (C=O) groups is 2. The van der Waals surface area contributed by atoms with Crippen LogP contribution < -0.4 is 11.1 Å². The molecule has 0 rings (SSSR count). The Bertz CT molecular complexity index is 302. The van der Waals surface area contributed by atoms with Crippen LogP contribution in [0.5, 0.6) is 0 Å². The van der Waals surface area contributed by atoms with Gasteiger partial charge >= 0.3 is 12.1 Å². The summed E-state index contributed by atoms with van der Waals surface area (Å²) < 4.78 is 41.4. The van der Waals surface area contributed by atoms with Crippen molar-refractivity contribution < 1.29 is 27.5 Å². The molecule has 3 N–H and O–H groups in total. The van der Waals surface area contributed by atoms with Gasteiger partial charge in [0.2, 0.25) is 5.91 Å². The van der Waals surface area contributed by atoms with Crippen molar-refractivity contribution in [3.63, 3.8) is 0 Å². The van der Waals surface area contributed by atoms with E-state index < -0.39 is 36.1 Å². The molecular formula is C9H15F3N2O3. The van der Waals surface area contributed by atoms with E-state index in [4.69, 9.17) is 5.73 Å². The highest BCUT2D eigenvalue weighted by Crippen LogP contribution is 2.30. The molecule has 0 bridgehead atoms. The fraction of sp³-hybridized carbons (Fsp3) is 0.778. The van der Waals surface area contributed by atoms with E-state index >= 15 is 0 Å². The third kappa shape index (κ3) is 4.59. The fourth-order valence-corrected chi connectivity index (χ4v) is 0.962. The largest absolute Gasteiger partial charge is 0.467 e. The number of methoxy groups -OCH3 is 1. The predicted octanol–water partition coefficient (Wildman–Crippen LogP) is 0.334. The monoisotopic (exact) mass is 256 g/mol. The molecule has 0 saturated carbocycles. The Kier molecular flexibility index (Phi) is 4.94. The Balaban J connectivity index is 4.43. The average molecular weight is 256 g/mol. The van der Waals surface area contributed by atoms with Gasteiger partial charge in [-0.05, 0) is 13.8 Å². The van der Waals surface area contributed by atoms with E-state index in [-0.39, 0.29) is 0 Å². The van der Waals surface area contributed by atoms with Crippen molar-refractivity contribution in [2.24, 2.45) is 5.73 Å². The van der Waals surface area contributed by atoms with Crippen LogP contribution in [0.25, 0.3) is 0 Å². The van der Waals surface area contributed by atoms with Crippen LogP contribution in [0.3, 0.4) is 0 Å². The molecule has 0 radical (unpaired) electrons. The minimum absolute atomic E-state index is 0.704. The maximum atomic E-state index is 12.4. The van der Waals surface area contributed by atoms with Crippen LogP contribution in [0, 0.1) is 0 Å². The molecule has 0 spiro atoms. The number of halogens is 3. The zero-order valence-corrected chi connectivity index (χ0v) is 9.72. The number of carbonyl (C=O) groups excluding carboxylic acids is 2. The molecule has 0 saturated heterocycles. The van der Waals surface area contributed by atoms with Crippen molar-refractivity contribution in [3.8, 4) is 0 Å². The number of alkyl halides is 3. The van der Waals surface area contributed by atoms with Gasteiger partial charge in [-0.2, -0.15) is 13.2 Å². The molecule has 2 atom stereocenters. The van der Waals surface area contributed by atoms with Crippen molar-refractivity contribution in [2.75, 3.05) is 7.11 Å². The zero-order chi connectivity index (χ0) is 13.9. The standard InChI is InChI=1S/C9H15F3N2O3/c1-5(7(16)17-3)14-6(15)4-8(2,13)9(10,11)12/h5H,4,13H2,1-3H3,(H,14,15). The molecule has 100 valence electrons. The van der Waals surface area contributed by atoms with E-state index in [0.29, 0.717) is 6.92 Å². The molecule has 17 heavy (non-hydrogen) atoms. The number of rotatable bonds is 4. The fourth-order valence-electron chi connectivity index (χ4n) is 0.962. The second-order valence-corrected chi connectivity index (χ2v) is 3.90. The highest BCUT2D eigenvalue weighted by atomic mass is 19.4. The van der Waals surface area contributed by atoms with Gasteiger partial charge in [0.25, 0.3) is 0 Å². The third-order valence-corrected chi connectivity index (χ3v) is 2.11. The maximum absolute atomic E-state index is 12.4. The van der Waals surface area contributed by atoms with E-state index in [0.717, 1.165) is 7.11 Å². The number of nitrogens with one attached hydrogen (secondary N) is 1. The molecule has 0 aromatic carbocycles.